The minimum Gasteiger partial charge on any atom is -0.398 e. The number of nitrogens with zero attached hydrogens (tertiary/aromatic N) is 3. The summed E-state index contributed by atoms with van der Waals surface area (Å²) in [6.45, 7) is 2.76. The molecule has 102 valence electrons. The topological polar surface area (TPSA) is 73.8 Å². The summed E-state index contributed by atoms with van der Waals surface area (Å²) in [5.74, 6) is 0.423. The Morgan fingerprint density at radius 2 is 2.26 bits per heavy atom. The van der Waals surface area contributed by atoms with Gasteiger partial charge in [-0.3, -0.25) is 4.21 Å². The van der Waals surface area contributed by atoms with Crippen LogP contribution in [0.15, 0.2) is 29.4 Å². The quantitative estimate of drug-likeness (QED) is 0.847. The molecular formula is C12H15FN4OS. The van der Waals surface area contributed by atoms with Crippen LogP contribution in [0.3, 0.4) is 0 Å². The first-order valence-corrected chi connectivity index (χ1v) is 7.23. The molecule has 5 nitrogen and oxygen atoms in total. The van der Waals surface area contributed by atoms with Gasteiger partial charge in [0.15, 0.2) is 0 Å². The summed E-state index contributed by atoms with van der Waals surface area (Å²) >= 11 is 0. The summed E-state index contributed by atoms with van der Waals surface area (Å²) < 4.78 is 26.9. The van der Waals surface area contributed by atoms with Gasteiger partial charge in [-0.25, -0.2) is 14.1 Å². The van der Waals surface area contributed by atoms with E-state index >= 15 is 0 Å². The highest BCUT2D eigenvalue weighted by molar-refractivity contribution is 7.84. The molecule has 2 N–H and O–H groups in total. The van der Waals surface area contributed by atoms with E-state index < -0.39 is 16.6 Å². The van der Waals surface area contributed by atoms with E-state index in [1.807, 2.05) is 6.92 Å². The van der Waals surface area contributed by atoms with Crippen molar-refractivity contribution < 1.29 is 8.60 Å². The molecule has 1 atom stereocenters. The van der Waals surface area contributed by atoms with E-state index in [1.54, 1.807) is 4.68 Å². The number of nitrogen functional groups attached to an aromatic ring is 1. The van der Waals surface area contributed by atoms with Crippen LogP contribution in [0.5, 0.6) is 0 Å². The molecule has 0 spiro atoms. The van der Waals surface area contributed by atoms with Gasteiger partial charge in [0.1, 0.15) is 18.0 Å². The van der Waals surface area contributed by atoms with Gasteiger partial charge in [-0.05, 0) is 24.6 Å². The maximum absolute atomic E-state index is 12.9. The first-order valence-electron chi connectivity index (χ1n) is 5.92. The summed E-state index contributed by atoms with van der Waals surface area (Å²) in [6.07, 6.45) is 2.36. The van der Waals surface area contributed by atoms with Crippen LogP contribution in [0.25, 0.3) is 0 Å². The molecule has 1 aromatic heterocycles. The fraction of sp³-hybridized carbons (Fsp3) is 0.333. The van der Waals surface area contributed by atoms with Gasteiger partial charge in [0, 0.05) is 6.54 Å². The number of hydrogen-bond donors (Lipinski definition) is 1. The Kier molecular flexibility index (Phi) is 4.26. The largest absolute Gasteiger partial charge is 0.398 e. The van der Waals surface area contributed by atoms with Crippen molar-refractivity contribution in [1.29, 1.82) is 0 Å². The second kappa shape index (κ2) is 5.92. The summed E-state index contributed by atoms with van der Waals surface area (Å²) in [6, 6.07) is 3.87. The van der Waals surface area contributed by atoms with Crippen molar-refractivity contribution in [2.75, 3.05) is 5.73 Å². The predicted molar refractivity (Wildman–Crippen MR) is 71.2 cm³/mol. The van der Waals surface area contributed by atoms with Gasteiger partial charge in [-0.15, -0.1) is 0 Å². The highest BCUT2D eigenvalue weighted by Gasteiger charge is 2.13. The lowest BCUT2D eigenvalue weighted by atomic mass is 10.3. The van der Waals surface area contributed by atoms with Gasteiger partial charge in [0.05, 0.1) is 27.1 Å². The Labute approximate surface area is 113 Å². The normalized spacial score (nSPS) is 12.5. The van der Waals surface area contributed by atoms with E-state index in [2.05, 4.69) is 10.1 Å². The van der Waals surface area contributed by atoms with Gasteiger partial charge in [0.25, 0.3) is 0 Å². The molecular weight excluding hydrogens is 267 g/mol. The molecule has 0 saturated heterocycles. The van der Waals surface area contributed by atoms with Crippen LogP contribution in [-0.4, -0.2) is 19.0 Å². The number of aryl methyl sites for hydroxylation is 1. The highest BCUT2D eigenvalue weighted by Crippen LogP contribution is 2.19. The summed E-state index contributed by atoms with van der Waals surface area (Å²) in [5.41, 5.74) is 5.87. The lowest BCUT2D eigenvalue weighted by molar-refractivity contribution is 0.579. The molecule has 1 unspecified atom stereocenters. The molecule has 0 saturated carbocycles. The van der Waals surface area contributed by atoms with Crippen LogP contribution in [0.1, 0.15) is 19.2 Å². The van der Waals surface area contributed by atoms with Crippen molar-refractivity contribution in [3.63, 3.8) is 0 Å². The van der Waals surface area contributed by atoms with E-state index in [0.29, 0.717) is 10.7 Å². The summed E-state index contributed by atoms with van der Waals surface area (Å²) in [7, 11) is -1.36. The third-order valence-corrected chi connectivity index (χ3v) is 3.99. The van der Waals surface area contributed by atoms with Crippen LogP contribution in [0.4, 0.5) is 10.1 Å². The number of rotatable bonds is 5. The van der Waals surface area contributed by atoms with Gasteiger partial charge < -0.3 is 5.73 Å². The summed E-state index contributed by atoms with van der Waals surface area (Å²) in [5, 5.41) is 4.07. The van der Waals surface area contributed by atoms with Crippen molar-refractivity contribution in [2.24, 2.45) is 0 Å². The molecule has 2 rings (SSSR count). The van der Waals surface area contributed by atoms with E-state index in [1.165, 1.54) is 24.5 Å². The molecule has 1 aromatic carbocycles. The third kappa shape index (κ3) is 3.17. The lowest BCUT2D eigenvalue weighted by Crippen LogP contribution is -2.09. The summed E-state index contributed by atoms with van der Waals surface area (Å²) in [4.78, 5) is 4.51. The van der Waals surface area contributed by atoms with Crippen LogP contribution in [0.2, 0.25) is 0 Å². The van der Waals surface area contributed by atoms with Crippen LogP contribution < -0.4 is 5.73 Å². The van der Waals surface area contributed by atoms with Crippen molar-refractivity contribution in [1.82, 2.24) is 14.8 Å². The number of hydrogen-bond acceptors (Lipinski definition) is 4. The number of halogens is 1. The molecule has 0 aliphatic heterocycles. The zero-order valence-corrected chi connectivity index (χ0v) is 11.4. The van der Waals surface area contributed by atoms with Crippen molar-refractivity contribution in [2.45, 2.75) is 30.5 Å². The zero-order chi connectivity index (χ0) is 13.8. The van der Waals surface area contributed by atoms with Crippen LogP contribution >= 0.6 is 0 Å². The van der Waals surface area contributed by atoms with Crippen molar-refractivity contribution in [3.8, 4) is 0 Å². The number of aromatic nitrogens is 3. The first kappa shape index (κ1) is 13.7. The minimum absolute atomic E-state index is 0.194. The Hall–Kier alpha value is -1.76. The lowest BCUT2D eigenvalue weighted by Gasteiger charge is -2.07. The van der Waals surface area contributed by atoms with Crippen LogP contribution in [-0.2, 0) is 23.1 Å². The fourth-order valence-electron chi connectivity index (χ4n) is 1.72. The fourth-order valence-corrected chi connectivity index (χ4v) is 2.88. The Morgan fingerprint density at radius 1 is 1.47 bits per heavy atom. The van der Waals surface area contributed by atoms with Crippen molar-refractivity contribution in [3.05, 3.63) is 36.2 Å². The number of nitrogens with two attached hydrogens (primary N) is 1. The molecule has 0 fully saturated rings. The average molecular weight is 282 g/mol. The SMILES string of the molecule is CCCn1ncnc1CS(=O)c1ccc(F)cc1N. The van der Waals surface area contributed by atoms with Gasteiger partial charge >= 0.3 is 0 Å². The smallest absolute Gasteiger partial charge is 0.139 e. The monoisotopic (exact) mass is 282 g/mol. The minimum atomic E-state index is -1.36. The van der Waals surface area contributed by atoms with E-state index in [0.717, 1.165) is 13.0 Å². The number of anilines is 1. The van der Waals surface area contributed by atoms with Gasteiger partial charge in [0.2, 0.25) is 0 Å². The molecule has 1 heterocycles. The molecule has 0 radical (unpaired) electrons. The predicted octanol–water partition coefficient (Wildman–Crippen LogP) is 1.72. The highest BCUT2D eigenvalue weighted by atomic mass is 32.2. The van der Waals surface area contributed by atoms with Gasteiger partial charge in [-0.2, -0.15) is 5.10 Å². The molecule has 19 heavy (non-hydrogen) atoms. The molecule has 0 amide bonds. The van der Waals surface area contributed by atoms with E-state index in [-0.39, 0.29) is 11.4 Å². The standard InChI is InChI=1S/C12H15FN4OS/c1-2-5-17-12(15-8-16-17)7-19(18)11-4-3-9(13)6-10(11)14/h3-4,6,8H,2,5,7,14H2,1H3. The second-order valence-corrected chi connectivity index (χ2v) is 5.49. The molecule has 2 aromatic rings. The van der Waals surface area contributed by atoms with Crippen molar-refractivity contribution >= 4 is 16.5 Å². The van der Waals surface area contributed by atoms with E-state index in [9.17, 15) is 8.60 Å². The molecule has 0 aliphatic rings. The number of benzene rings is 1. The maximum Gasteiger partial charge on any atom is 0.139 e. The third-order valence-electron chi connectivity index (χ3n) is 2.61. The maximum atomic E-state index is 12.9. The first-order chi connectivity index (χ1) is 9.11. The average Bonchev–Trinajstić information content (AvgIpc) is 2.77. The molecule has 0 aliphatic carbocycles. The van der Waals surface area contributed by atoms with E-state index in [4.69, 9.17) is 5.73 Å². The van der Waals surface area contributed by atoms with Gasteiger partial charge in [-0.1, -0.05) is 6.92 Å². The van der Waals surface area contributed by atoms with Crippen LogP contribution in [0, 0.1) is 5.82 Å². The molecule has 0 bridgehead atoms. The second-order valence-electron chi connectivity index (χ2n) is 4.07. The molecule has 7 heteroatoms. The Bertz CT molecular complexity index is 599. The Balaban J connectivity index is 2.18. The zero-order valence-electron chi connectivity index (χ0n) is 10.5. The Morgan fingerprint density at radius 3 is 2.95 bits per heavy atom.